The van der Waals surface area contributed by atoms with Crippen molar-refractivity contribution in [3.63, 3.8) is 0 Å². The van der Waals surface area contributed by atoms with Crippen LogP contribution >= 0.6 is 0 Å². The van der Waals surface area contributed by atoms with Crippen LogP contribution in [-0.4, -0.2) is 51.0 Å². The molecule has 0 radical (unpaired) electrons. The highest BCUT2D eigenvalue weighted by Crippen LogP contribution is 2.19. The van der Waals surface area contributed by atoms with E-state index >= 15 is 0 Å². The molecule has 1 aliphatic carbocycles. The van der Waals surface area contributed by atoms with E-state index in [1.54, 1.807) is 4.63 Å². The standard InChI is InChI=1S/C18H27N7O/c1-13-19-16-7-8-17(23-25(16)22-13)24-11-9-15(10-12-24)21-18(26)20-14-5-3-2-4-6-14/h7-8,14-15H,2-6,9-12H2,1H3,(H2,20,21,26). The van der Waals surface area contributed by atoms with Crippen molar-refractivity contribution in [1.29, 1.82) is 0 Å². The lowest BCUT2D eigenvalue weighted by atomic mass is 9.96. The molecule has 26 heavy (non-hydrogen) atoms. The third kappa shape index (κ3) is 3.89. The summed E-state index contributed by atoms with van der Waals surface area (Å²) in [5.74, 6) is 1.63. The summed E-state index contributed by atoms with van der Waals surface area (Å²) in [5, 5.41) is 15.1. The zero-order valence-corrected chi connectivity index (χ0v) is 15.3. The molecule has 2 aromatic rings. The van der Waals surface area contributed by atoms with Crippen molar-refractivity contribution in [2.75, 3.05) is 18.0 Å². The maximum Gasteiger partial charge on any atom is 0.315 e. The molecule has 0 bridgehead atoms. The number of nitrogens with one attached hydrogen (secondary N) is 2. The molecule has 2 fully saturated rings. The van der Waals surface area contributed by atoms with E-state index in [0.29, 0.717) is 6.04 Å². The minimum absolute atomic E-state index is 0.00650. The van der Waals surface area contributed by atoms with E-state index in [0.717, 1.165) is 56.1 Å². The van der Waals surface area contributed by atoms with Gasteiger partial charge in [0.05, 0.1) is 0 Å². The number of piperidine rings is 1. The Bertz CT molecular complexity index is 760. The Morgan fingerprint density at radius 3 is 2.42 bits per heavy atom. The van der Waals surface area contributed by atoms with Crippen LogP contribution in [0.15, 0.2) is 12.1 Å². The van der Waals surface area contributed by atoms with Crippen LogP contribution in [0, 0.1) is 6.92 Å². The van der Waals surface area contributed by atoms with Gasteiger partial charge in [-0.2, -0.15) is 0 Å². The average molecular weight is 357 g/mol. The maximum absolute atomic E-state index is 12.2. The van der Waals surface area contributed by atoms with Crippen molar-refractivity contribution >= 4 is 17.5 Å². The first-order valence-electron chi connectivity index (χ1n) is 9.70. The molecule has 0 unspecified atom stereocenters. The number of hydrogen-bond donors (Lipinski definition) is 2. The van der Waals surface area contributed by atoms with Crippen LogP contribution < -0.4 is 15.5 Å². The number of aromatic nitrogens is 4. The van der Waals surface area contributed by atoms with Crippen molar-refractivity contribution < 1.29 is 4.79 Å². The van der Waals surface area contributed by atoms with Gasteiger partial charge in [0.2, 0.25) is 0 Å². The summed E-state index contributed by atoms with van der Waals surface area (Å²) in [4.78, 5) is 18.8. The molecule has 1 saturated heterocycles. The molecule has 0 aromatic carbocycles. The first-order chi connectivity index (χ1) is 12.7. The number of aryl methyl sites for hydroxylation is 1. The summed E-state index contributed by atoms with van der Waals surface area (Å²) >= 11 is 0. The fourth-order valence-electron chi connectivity index (χ4n) is 3.96. The molecule has 3 heterocycles. The van der Waals surface area contributed by atoms with Crippen LogP contribution in [0.1, 0.15) is 50.8 Å². The Morgan fingerprint density at radius 2 is 1.69 bits per heavy atom. The lowest BCUT2D eigenvalue weighted by Gasteiger charge is -2.33. The summed E-state index contributed by atoms with van der Waals surface area (Å²) in [6, 6.07) is 4.52. The SMILES string of the molecule is Cc1nc2ccc(N3CCC(NC(=O)NC4CCCCC4)CC3)nn2n1. The normalized spacial score (nSPS) is 19.7. The highest BCUT2D eigenvalue weighted by atomic mass is 16.2. The van der Waals surface area contributed by atoms with E-state index in [4.69, 9.17) is 0 Å². The number of urea groups is 1. The largest absolute Gasteiger partial charge is 0.355 e. The number of anilines is 1. The molecule has 1 saturated carbocycles. The molecule has 8 nitrogen and oxygen atoms in total. The van der Waals surface area contributed by atoms with Gasteiger partial charge in [-0.25, -0.2) is 9.78 Å². The van der Waals surface area contributed by atoms with Gasteiger partial charge in [0, 0.05) is 25.2 Å². The van der Waals surface area contributed by atoms with E-state index in [2.05, 4.69) is 30.7 Å². The lowest BCUT2D eigenvalue weighted by molar-refractivity contribution is 0.226. The Hall–Kier alpha value is -2.38. The van der Waals surface area contributed by atoms with Crippen LogP contribution in [0.4, 0.5) is 10.6 Å². The number of hydrogen-bond acceptors (Lipinski definition) is 5. The summed E-state index contributed by atoms with van der Waals surface area (Å²) in [6.45, 7) is 3.62. The number of rotatable bonds is 3. The third-order valence-electron chi connectivity index (χ3n) is 5.39. The van der Waals surface area contributed by atoms with Crippen molar-refractivity contribution in [3.05, 3.63) is 18.0 Å². The molecule has 2 N–H and O–H groups in total. The van der Waals surface area contributed by atoms with Crippen molar-refractivity contribution in [1.82, 2.24) is 30.4 Å². The molecule has 2 aromatic heterocycles. The van der Waals surface area contributed by atoms with Gasteiger partial charge in [0.15, 0.2) is 11.5 Å². The summed E-state index contributed by atoms with van der Waals surface area (Å²) < 4.78 is 1.59. The van der Waals surface area contributed by atoms with Gasteiger partial charge in [-0.15, -0.1) is 14.8 Å². The molecule has 140 valence electrons. The van der Waals surface area contributed by atoms with Gasteiger partial charge in [-0.05, 0) is 44.7 Å². The van der Waals surface area contributed by atoms with Crippen LogP contribution in [0.3, 0.4) is 0 Å². The lowest BCUT2D eigenvalue weighted by Crippen LogP contribution is -2.50. The predicted octanol–water partition coefficient (Wildman–Crippen LogP) is 2.03. The Labute approximate surface area is 153 Å². The van der Waals surface area contributed by atoms with Gasteiger partial charge in [-0.3, -0.25) is 0 Å². The van der Waals surface area contributed by atoms with Gasteiger partial charge in [0.1, 0.15) is 5.82 Å². The zero-order chi connectivity index (χ0) is 17.9. The van der Waals surface area contributed by atoms with Crippen LogP contribution in [0.25, 0.3) is 5.65 Å². The van der Waals surface area contributed by atoms with Crippen molar-refractivity contribution in [2.24, 2.45) is 0 Å². The van der Waals surface area contributed by atoms with Crippen molar-refractivity contribution in [3.8, 4) is 0 Å². The highest BCUT2D eigenvalue weighted by molar-refractivity contribution is 5.74. The minimum Gasteiger partial charge on any atom is -0.355 e. The van der Waals surface area contributed by atoms with E-state index in [1.807, 2.05) is 19.1 Å². The molecular formula is C18H27N7O. The Morgan fingerprint density at radius 1 is 1.00 bits per heavy atom. The number of nitrogens with zero attached hydrogens (tertiary/aromatic N) is 5. The highest BCUT2D eigenvalue weighted by Gasteiger charge is 2.23. The van der Waals surface area contributed by atoms with E-state index in [9.17, 15) is 4.79 Å². The van der Waals surface area contributed by atoms with E-state index in [1.165, 1.54) is 19.3 Å². The van der Waals surface area contributed by atoms with Gasteiger partial charge < -0.3 is 15.5 Å². The second-order valence-corrected chi connectivity index (χ2v) is 7.41. The molecule has 4 rings (SSSR count). The fourth-order valence-corrected chi connectivity index (χ4v) is 3.96. The minimum atomic E-state index is -0.00650. The fraction of sp³-hybridized carbons (Fsp3) is 0.667. The molecule has 8 heteroatoms. The Kier molecular flexibility index (Phi) is 4.90. The molecule has 0 atom stereocenters. The summed E-state index contributed by atoms with van der Waals surface area (Å²) in [7, 11) is 0. The molecule has 2 aliphatic rings. The van der Waals surface area contributed by atoms with Gasteiger partial charge in [-0.1, -0.05) is 19.3 Å². The van der Waals surface area contributed by atoms with E-state index in [-0.39, 0.29) is 12.1 Å². The zero-order valence-electron chi connectivity index (χ0n) is 15.3. The summed E-state index contributed by atoms with van der Waals surface area (Å²) in [6.07, 6.45) is 7.83. The second kappa shape index (κ2) is 7.47. The summed E-state index contributed by atoms with van der Waals surface area (Å²) in [5.41, 5.74) is 0.766. The van der Waals surface area contributed by atoms with Crippen LogP contribution in [0.5, 0.6) is 0 Å². The van der Waals surface area contributed by atoms with E-state index < -0.39 is 0 Å². The average Bonchev–Trinajstić information content (AvgIpc) is 3.02. The quantitative estimate of drug-likeness (QED) is 0.878. The predicted molar refractivity (Wildman–Crippen MR) is 99.3 cm³/mol. The Balaban J connectivity index is 1.28. The van der Waals surface area contributed by atoms with Crippen LogP contribution in [0.2, 0.25) is 0 Å². The molecule has 0 spiro atoms. The first kappa shape index (κ1) is 17.1. The van der Waals surface area contributed by atoms with Crippen molar-refractivity contribution in [2.45, 2.75) is 64.0 Å². The number of fused-ring (bicyclic) bond motifs is 1. The molecular weight excluding hydrogens is 330 g/mol. The smallest absolute Gasteiger partial charge is 0.315 e. The number of carbonyl (C=O) groups excluding carboxylic acids is 1. The number of carbonyl (C=O) groups is 1. The topological polar surface area (TPSA) is 87.5 Å². The van der Waals surface area contributed by atoms with Gasteiger partial charge in [0.25, 0.3) is 0 Å². The third-order valence-corrected chi connectivity index (χ3v) is 5.39. The maximum atomic E-state index is 12.2. The second-order valence-electron chi connectivity index (χ2n) is 7.41. The molecule has 2 amide bonds. The van der Waals surface area contributed by atoms with Gasteiger partial charge >= 0.3 is 6.03 Å². The monoisotopic (exact) mass is 357 g/mol. The molecule has 1 aliphatic heterocycles. The number of amides is 2. The van der Waals surface area contributed by atoms with Crippen LogP contribution in [-0.2, 0) is 0 Å². The first-order valence-corrected chi connectivity index (χ1v) is 9.70.